The summed E-state index contributed by atoms with van der Waals surface area (Å²) in [6, 6.07) is 14.1. The Balaban J connectivity index is 2.19. The summed E-state index contributed by atoms with van der Waals surface area (Å²) in [6.45, 7) is 2.05. The van der Waals surface area contributed by atoms with Gasteiger partial charge in [0.25, 0.3) is 0 Å². The molecule has 0 saturated carbocycles. The van der Waals surface area contributed by atoms with Crippen LogP contribution in [0.15, 0.2) is 52.3 Å². The lowest BCUT2D eigenvalue weighted by molar-refractivity contribution is 0.414. The summed E-state index contributed by atoms with van der Waals surface area (Å²) in [7, 11) is 1.67. The molecule has 0 fully saturated rings. The number of ether oxygens (including phenoxy) is 1. The number of halogens is 1. The zero-order valence-corrected chi connectivity index (χ0v) is 11.3. The quantitative estimate of drug-likeness (QED) is 0.787. The summed E-state index contributed by atoms with van der Waals surface area (Å²) < 4.78 is 5.13. The highest BCUT2D eigenvalue weighted by molar-refractivity contribution is 7.99. The van der Waals surface area contributed by atoms with E-state index in [0.29, 0.717) is 0 Å². The van der Waals surface area contributed by atoms with Gasteiger partial charge in [-0.2, -0.15) is 0 Å². The number of rotatable bonds is 3. The SMILES string of the molecule is COc1ccc(Sc2cc(C)cc(Cl)c2)cc1. The van der Waals surface area contributed by atoms with Gasteiger partial charge >= 0.3 is 0 Å². The predicted octanol–water partition coefficient (Wildman–Crippen LogP) is 4.81. The molecular weight excluding hydrogens is 252 g/mol. The molecule has 0 aromatic heterocycles. The van der Waals surface area contributed by atoms with E-state index in [2.05, 4.69) is 6.07 Å². The average molecular weight is 265 g/mol. The molecule has 0 bridgehead atoms. The van der Waals surface area contributed by atoms with Crippen LogP contribution in [0.1, 0.15) is 5.56 Å². The fourth-order valence-electron chi connectivity index (χ4n) is 1.54. The molecule has 0 aliphatic rings. The van der Waals surface area contributed by atoms with Crippen molar-refractivity contribution in [2.75, 3.05) is 7.11 Å². The van der Waals surface area contributed by atoms with Gasteiger partial charge in [0, 0.05) is 14.8 Å². The fraction of sp³-hybridized carbons (Fsp3) is 0.143. The van der Waals surface area contributed by atoms with Crippen LogP contribution < -0.4 is 4.74 Å². The number of hydrogen-bond acceptors (Lipinski definition) is 2. The van der Waals surface area contributed by atoms with Crippen LogP contribution in [0.2, 0.25) is 5.02 Å². The second-order valence-corrected chi connectivity index (χ2v) is 5.33. The Hall–Kier alpha value is -1.12. The number of aryl methyl sites for hydroxylation is 1. The summed E-state index contributed by atoms with van der Waals surface area (Å²) in [4.78, 5) is 2.33. The van der Waals surface area contributed by atoms with Gasteiger partial charge in [-0.3, -0.25) is 0 Å². The van der Waals surface area contributed by atoms with Crippen molar-refractivity contribution >= 4 is 23.4 Å². The van der Waals surface area contributed by atoms with Crippen molar-refractivity contribution in [2.45, 2.75) is 16.7 Å². The maximum absolute atomic E-state index is 6.03. The lowest BCUT2D eigenvalue weighted by Gasteiger charge is -2.05. The van der Waals surface area contributed by atoms with Crippen LogP contribution in [-0.2, 0) is 0 Å². The molecule has 0 amide bonds. The molecule has 2 aromatic rings. The molecule has 17 heavy (non-hydrogen) atoms. The van der Waals surface area contributed by atoms with Crippen LogP contribution >= 0.6 is 23.4 Å². The molecule has 0 aliphatic heterocycles. The first-order valence-electron chi connectivity index (χ1n) is 5.26. The van der Waals surface area contributed by atoms with Crippen molar-refractivity contribution < 1.29 is 4.74 Å². The first-order chi connectivity index (χ1) is 8.17. The van der Waals surface area contributed by atoms with Gasteiger partial charge in [-0.1, -0.05) is 23.4 Å². The monoisotopic (exact) mass is 264 g/mol. The summed E-state index contributed by atoms with van der Waals surface area (Å²) in [5, 5.41) is 0.779. The van der Waals surface area contributed by atoms with E-state index in [4.69, 9.17) is 16.3 Å². The average Bonchev–Trinajstić information content (AvgIpc) is 2.28. The number of methoxy groups -OCH3 is 1. The Bertz CT molecular complexity index is 488. The first kappa shape index (κ1) is 12.3. The number of hydrogen-bond donors (Lipinski definition) is 0. The van der Waals surface area contributed by atoms with E-state index in [9.17, 15) is 0 Å². The summed E-state index contributed by atoms with van der Waals surface area (Å²) >= 11 is 7.73. The largest absolute Gasteiger partial charge is 0.497 e. The van der Waals surface area contributed by atoms with Crippen LogP contribution in [0.3, 0.4) is 0 Å². The molecule has 2 rings (SSSR count). The summed E-state index contributed by atoms with van der Waals surface area (Å²) in [5.41, 5.74) is 1.17. The Labute approximate surface area is 111 Å². The highest BCUT2D eigenvalue weighted by Gasteiger charge is 2.00. The first-order valence-corrected chi connectivity index (χ1v) is 6.46. The van der Waals surface area contributed by atoms with E-state index >= 15 is 0 Å². The predicted molar refractivity (Wildman–Crippen MR) is 73.3 cm³/mol. The maximum Gasteiger partial charge on any atom is 0.118 e. The second kappa shape index (κ2) is 5.48. The maximum atomic E-state index is 6.03. The van der Waals surface area contributed by atoms with E-state index < -0.39 is 0 Å². The molecule has 0 radical (unpaired) electrons. The zero-order valence-electron chi connectivity index (χ0n) is 9.74. The molecule has 0 N–H and O–H groups in total. The van der Waals surface area contributed by atoms with Crippen LogP contribution in [0.4, 0.5) is 0 Å². The van der Waals surface area contributed by atoms with Crippen molar-refractivity contribution in [2.24, 2.45) is 0 Å². The smallest absolute Gasteiger partial charge is 0.118 e. The Kier molecular flexibility index (Phi) is 3.97. The zero-order chi connectivity index (χ0) is 12.3. The van der Waals surface area contributed by atoms with Crippen molar-refractivity contribution in [1.29, 1.82) is 0 Å². The Morgan fingerprint density at radius 1 is 1.00 bits per heavy atom. The van der Waals surface area contributed by atoms with Crippen LogP contribution in [0.5, 0.6) is 5.75 Å². The minimum Gasteiger partial charge on any atom is -0.497 e. The van der Waals surface area contributed by atoms with E-state index in [1.165, 1.54) is 10.5 Å². The second-order valence-electron chi connectivity index (χ2n) is 3.74. The molecule has 1 nitrogen and oxygen atoms in total. The third kappa shape index (κ3) is 3.42. The standard InChI is InChI=1S/C14H13ClOS/c1-10-7-11(15)9-14(8-10)17-13-5-3-12(16-2)4-6-13/h3-9H,1-2H3. The van der Waals surface area contributed by atoms with Gasteiger partial charge in [0.2, 0.25) is 0 Å². The lowest BCUT2D eigenvalue weighted by Crippen LogP contribution is -1.81. The van der Waals surface area contributed by atoms with Gasteiger partial charge in [0.05, 0.1) is 7.11 Å². The van der Waals surface area contributed by atoms with Crippen LogP contribution in [-0.4, -0.2) is 7.11 Å². The highest BCUT2D eigenvalue weighted by Crippen LogP contribution is 2.31. The van der Waals surface area contributed by atoms with E-state index in [1.54, 1.807) is 18.9 Å². The van der Waals surface area contributed by atoms with E-state index in [1.807, 2.05) is 43.3 Å². The third-order valence-corrected chi connectivity index (χ3v) is 3.51. The van der Waals surface area contributed by atoms with Gasteiger partial charge in [0.1, 0.15) is 5.75 Å². The fourth-order valence-corrected chi connectivity index (χ4v) is 2.87. The molecule has 0 aliphatic carbocycles. The van der Waals surface area contributed by atoms with Crippen molar-refractivity contribution in [3.8, 4) is 5.75 Å². The minimum atomic E-state index is 0.779. The van der Waals surface area contributed by atoms with Gasteiger partial charge in [-0.15, -0.1) is 0 Å². The molecule has 2 aromatic carbocycles. The molecule has 0 unspecified atom stereocenters. The van der Waals surface area contributed by atoms with E-state index in [-0.39, 0.29) is 0 Å². The van der Waals surface area contributed by atoms with Gasteiger partial charge in [0.15, 0.2) is 0 Å². The molecule has 0 atom stereocenters. The Morgan fingerprint density at radius 2 is 1.71 bits per heavy atom. The summed E-state index contributed by atoms with van der Waals surface area (Å²) in [6.07, 6.45) is 0. The van der Waals surface area contributed by atoms with Gasteiger partial charge in [-0.05, 0) is 55.0 Å². The molecule has 0 saturated heterocycles. The molecule has 0 spiro atoms. The number of benzene rings is 2. The topological polar surface area (TPSA) is 9.23 Å². The van der Waals surface area contributed by atoms with Crippen molar-refractivity contribution in [3.63, 3.8) is 0 Å². The lowest BCUT2D eigenvalue weighted by atomic mass is 10.2. The normalized spacial score (nSPS) is 10.3. The molecule has 88 valence electrons. The third-order valence-electron chi connectivity index (χ3n) is 2.31. The van der Waals surface area contributed by atoms with Crippen LogP contribution in [0.25, 0.3) is 0 Å². The highest BCUT2D eigenvalue weighted by atomic mass is 35.5. The Morgan fingerprint density at radius 3 is 2.29 bits per heavy atom. The molecule has 0 heterocycles. The van der Waals surface area contributed by atoms with Gasteiger partial charge in [-0.25, -0.2) is 0 Å². The molecular formula is C14H13ClOS. The van der Waals surface area contributed by atoms with Crippen LogP contribution in [0, 0.1) is 6.92 Å². The van der Waals surface area contributed by atoms with E-state index in [0.717, 1.165) is 15.7 Å². The molecule has 3 heteroatoms. The van der Waals surface area contributed by atoms with Crippen molar-refractivity contribution in [3.05, 3.63) is 53.1 Å². The minimum absolute atomic E-state index is 0.779. The van der Waals surface area contributed by atoms with Gasteiger partial charge < -0.3 is 4.74 Å². The summed E-state index contributed by atoms with van der Waals surface area (Å²) in [5.74, 6) is 0.872. The van der Waals surface area contributed by atoms with Crippen molar-refractivity contribution in [1.82, 2.24) is 0 Å².